The van der Waals surface area contributed by atoms with Crippen molar-refractivity contribution in [2.75, 3.05) is 27.3 Å². The molecule has 6 aliphatic rings. The normalized spacial score (nSPS) is 48.9. The SMILES string of the molecule is CCN1C[C@]2(C)CC[C@H](OC(C)=O)[C@]34C1[C@](O)([C@@H](OC)[C@H]23)[C@@]1(O)C[C@H](OC)[C@H]2[C@H](OC(C)=O)[C@@H]4[C@@H]1[C@H]2OC(=O)c1ccccc1. The van der Waals surface area contributed by atoms with Gasteiger partial charge in [0.05, 0.1) is 29.7 Å². The fraction of sp³-hybridized carbons (Fsp3) is 0.735. The van der Waals surface area contributed by atoms with Gasteiger partial charge in [-0.25, -0.2) is 4.79 Å². The Morgan fingerprint density at radius 3 is 2.22 bits per heavy atom. The molecule has 0 radical (unpaired) electrons. The van der Waals surface area contributed by atoms with Gasteiger partial charge in [0.2, 0.25) is 0 Å². The Bertz CT molecular complexity index is 1390. The number of benzene rings is 1. The van der Waals surface area contributed by atoms with Crippen LogP contribution < -0.4 is 0 Å². The van der Waals surface area contributed by atoms with E-state index in [1.54, 1.807) is 37.4 Å². The maximum Gasteiger partial charge on any atom is 0.338 e. The monoisotopic (exact) mass is 627 g/mol. The smallest absolute Gasteiger partial charge is 0.338 e. The van der Waals surface area contributed by atoms with Crippen molar-refractivity contribution in [3.63, 3.8) is 0 Å². The second-order valence-corrected chi connectivity index (χ2v) is 14.6. The molecule has 1 aromatic rings. The first-order valence-electron chi connectivity index (χ1n) is 16.2. The van der Waals surface area contributed by atoms with Crippen molar-refractivity contribution in [2.24, 2.45) is 34.5 Å². The summed E-state index contributed by atoms with van der Waals surface area (Å²) in [5.74, 6) is -4.08. The highest BCUT2D eigenvalue weighted by Gasteiger charge is 2.93. The highest BCUT2D eigenvalue weighted by Crippen LogP contribution is 2.80. The first-order chi connectivity index (χ1) is 21.3. The quantitative estimate of drug-likeness (QED) is 0.339. The summed E-state index contributed by atoms with van der Waals surface area (Å²) in [5, 5.41) is 26.7. The van der Waals surface area contributed by atoms with Crippen molar-refractivity contribution < 1.29 is 48.3 Å². The van der Waals surface area contributed by atoms with Crippen LogP contribution in [-0.4, -0.2) is 108 Å². The molecule has 7 bridgehead atoms. The minimum atomic E-state index is -1.88. The highest BCUT2D eigenvalue weighted by atomic mass is 16.6. The zero-order valence-electron chi connectivity index (χ0n) is 26.8. The van der Waals surface area contributed by atoms with E-state index in [0.29, 0.717) is 31.5 Å². The van der Waals surface area contributed by atoms with Crippen molar-refractivity contribution in [1.82, 2.24) is 4.90 Å². The lowest BCUT2D eigenvalue weighted by molar-refractivity contribution is -0.318. The van der Waals surface area contributed by atoms with Crippen molar-refractivity contribution in [3.8, 4) is 0 Å². The van der Waals surface area contributed by atoms with Crippen LogP contribution in [-0.2, 0) is 33.3 Å². The second kappa shape index (κ2) is 10.2. The average Bonchev–Trinajstić information content (AvgIpc) is 3.34. The molecule has 1 aliphatic heterocycles. The number of carbonyl (C=O) groups excluding carboxylic acids is 3. The maximum absolute atomic E-state index is 13.7. The summed E-state index contributed by atoms with van der Waals surface area (Å²) in [6.45, 7) is 8.17. The number of carbonyl (C=O) groups is 3. The van der Waals surface area contributed by atoms with E-state index >= 15 is 0 Å². The molecular weight excluding hydrogens is 582 g/mol. The van der Waals surface area contributed by atoms with Crippen LogP contribution in [0.4, 0.5) is 0 Å². The molecule has 45 heavy (non-hydrogen) atoms. The molecule has 14 atom stereocenters. The third-order valence-electron chi connectivity index (χ3n) is 12.8. The fourth-order valence-corrected chi connectivity index (χ4v) is 12.0. The fourth-order valence-electron chi connectivity index (χ4n) is 12.0. The van der Waals surface area contributed by atoms with Crippen LogP contribution in [0.25, 0.3) is 0 Å². The number of rotatable bonds is 7. The third-order valence-corrected chi connectivity index (χ3v) is 12.8. The highest BCUT2D eigenvalue weighted by molar-refractivity contribution is 5.89. The minimum Gasteiger partial charge on any atom is -0.462 e. The summed E-state index contributed by atoms with van der Waals surface area (Å²) in [6, 6.07) is 7.90. The largest absolute Gasteiger partial charge is 0.462 e. The first-order valence-corrected chi connectivity index (χ1v) is 16.2. The average molecular weight is 628 g/mol. The predicted octanol–water partition coefficient (Wildman–Crippen LogP) is 1.97. The van der Waals surface area contributed by atoms with Crippen LogP contribution in [0.3, 0.4) is 0 Å². The van der Waals surface area contributed by atoms with E-state index in [4.69, 9.17) is 23.7 Å². The summed E-state index contributed by atoms with van der Waals surface area (Å²) < 4.78 is 31.2. The molecule has 1 aromatic carbocycles. The Hall–Kier alpha value is -2.57. The van der Waals surface area contributed by atoms with Gasteiger partial charge >= 0.3 is 17.9 Å². The Labute approximate surface area is 263 Å². The number of likely N-dealkylation sites (N-methyl/N-ethyl adjacent to an activating group) is 1. The summed E-state index contributed by atoms with van der Waals surface area (Å²) in [5.41, 5.74) is -4.80. The molecule has 11 nitrogen and oxygen atoms in total. The summed E-state index contributed by atoms with van der Waals surface area (Å²) in [6.07, 6.45) is -2.82. The summed E-state index contributed by atoms with van der Waals surface area (Å²) in [4.78, 5) is 41.6. The molecule has 5 saturated carbocycles. The third kappa shape index (κ3) is 3.67. The molecule has 0 aromatic heterocycles. The van der Waals surface area contributed by atoms with Gasteiger partial charge in [0.25, 0.3) is 0 Å². The van der Waals surface area contributed by atoms with E-state index in [-0.39, 0.29) is 17.8 Å². The molecule has 1 heterocycles. The van der Waals surface area contributed by atoms with Gasteiger partial charge in [0, 0.05) is 64.2 Å². The van der Waals surface area contributed by atoms with E-state index in [9.17, 15) is 24.6 Å². The molecule has 1 saturated heterocycles. The lowest BCUT2D eigenvalue weighted by Gasteiger charge is -2.69. The Morgan fingerprint density at radius 1 is 0.956 bits per heavy atom. The van der Waals surface area contributed by atoms with Gasteiger partial charge in [0.15, 0.2) is 0 Å². The number of fused-ring (bicyclic) bond motifs is 2. The number of esters is 3. The number of nitrogens with zero attached hydrogens (tertiary/aromatic N) is 1. The second-order valence-electron chi connectivity index (χ2n) is 14.6. The van der Waals surface area contributed by atoms with Gasteiger partial charge in [-0.15, -0.1) is 0 Å². The van der Waals surface area contributed by atoms with Crippen LogP contribution in [0, 0.1) is 34.5 Å². The number of hydrogen-bond acceptors (Lipinski definition) is 11. The predicted molar refractivity (Wildman–Crippen MR) is 158 cm³/mol. The Balaban J connectivity index is 1.52. The summed E-state index contributed by atoms with van der Waals surface area (Å²) >= 11 is 0. The Kier molecular flexibility index (Phi) is 7.05. The summed E-state index contributed by atoms with van der Waals surface area (Å²) in [7, 11) is 3.07. The van der Waals surface area contributed by atoms with Gasteiger partial charge in [-0.05, 0) is 36.9 Å². The standard InChI is InChI=1S/C34H45NO10/c1-7-35-16-31(4)14-13-21(43-17(2)36)33-24-23-25(45-29(38)19-11-9-8-10-12-19)22(26(24)44-18(3)37)20(41-5)15-32(23,39)34(40,30(33)35)28(42-6)27(31)33/h8-12,20-28,30,39-40H,7,13-16H2,1-6H3/t20-,21-,22+,23+,24-,25-,26-,27+,28-,30?,31-,32+,33+,34+/m0/s1. The molecule has 11 heteroatoms. The first kappa shape index (κ1) is 31.1. The number of methoxy groups -OCH3 is 2. The van der Waals surface area contributed by atoms with Crippen LogP contribution in [0.15, 0.2) is 30.3 Å². The van der Waals surface area contributed by atoms with Crippen LogP contribution in [0.1, 0.15) is 57.3 Å². The Morgan fingerprint density at radius 2 is 1.62 bits per heavy atom. The van der Waals surface area contributed by atoms with Crippen LogP contribution in [0.2, 0.25) is 0 Å². The molecule has 1 spiro atoms. The topological polar surface area (TPSA) is 141 Å². The van der Waals surface area contributed by atoms with Crippen molar-refractivity contribution in [3.05, 3.63) is 35.9 Å². The molecule has 6 fully saturated rings. The molecule has 2 N–H and O–H groups in total. The van der Waals surface area contributed by atoms with Gasteiger partial charge in [-0.3, -0.25) is 14.5 Å². The maximum atomic E-state index is 13.7. The van der Waals surface area contributed by atoms with Crippen molar-refractivity contribution in [1.29, 1.82) is 0 Å². The van der Waals surface area contributed by atoms with E-state index in [1.807, 2.05) is 6.92 Å². The number of likely N-dealkylation sites (tertiary alicyclic amines) is 1. The minimum absolute atomic E-state index is 0.0225. The molecular formula is C34H45NO10. The van der Waals surface area contributed by atoms with E-state index in [0.717, 1.165) is 0 Å². The van der Waals surface area contributed by atoms with Crippen molar-refractivity contribution in [2.45, 2.75) is 94.7 Å². The lowest BCUT2D eigenvalue weighted by Crippen LogP contribution is -2.82. The van der Waals surface area contributed by atoms with Gasteiger partial charge in [-0.2, -0.15) is 0 Å². The van der Waals surface area contributed by atoms with E-state index < -0.39 is 88.8 Å². The molecule has 1 unspecified atom stereocenters. The molecule has 5 aliphatic carbocycles. The zero-order chi connectivity index (χ0) is 32.3. The molecule has 246 valence electrons. The molecule has 7 rings (SSSR count). The van der Waals surface area contributed by atoms with Gasteiger partial charge in [-0.1, -0.05) is 32.0 Å². The number of hydrogen-bond donors (Lipinski definition) is 2. The van der Waals surface area contributed by atoms with Crippen LogP contribution >= 0.6 is 0 Å². The van der Waals surface area contributed by atoms with Gasteiger partial charge < -0.3 is 33.9 Å². The van der Waals surface area contributed by atoms with Gasteiger partial charge in [0.1, 0.15) is 29.5 Å². The van der Waals surface area contributed by atoms with E-state index in [1.165, 1.54) is 21.0 Å². The number of aliphatic hydroxyl groups is 2. The lowest BCUT2D eigenvalue weighted by atomic mass is 9.42. The molecule has 0 amide bonds. The van der Waals surface area contributed by atoms with Crippen molar-refractivity contribution >= 4 is 17.9 Å². The van der Waals surface area contributed by atoms with Crippen LogP contribution in [0.5, 0.6) is 0 Å². The number of piperidine rings is 1. The van der Waals surface area contributed by atoms with E-state index in [2.05, 4.69) is 11.8 Å². The number of ether oxygens (including phenoxy) is 5. The zero-order valence-corrected chi connectivity index (χ0v) is 26.8.